The highest BCUT2D eigenvalue weighted by Crippen LogP contribution is 2.18. The van der Waals surface area contributed by atoms with E-state index in [1.807, 2.05) is 11.8 Å². The molecule has 3 rings (SSSR count). The highest BCUT2D eigenvalue weighted by molar-refractivity contribution is 5.94. The van der Waals surface area contributed by atoms with Crippen LogP contribution in [0.25, 0.3) is 0 Å². The van der Waals surface area contributed by atoms with Crippen LogP contribution in [-0.2, 0) is 0 Å². The fourth-order valence-corrected chi connectivity index (χ4v) is 2.78. The molecule has 1 aromatic heterocycles. The molecule has 5 nitrogen and oxygen atoms in total. The molecule has 2 aromatic rings. The van der Waals surface area contributed by atoms with E-state index in [9.17, 15) is 9.18 Å². The number of halogens is 1. The van der Waals surface area contributed by atoms with Gasteiger partial charge in [-0.1, -0.05) is 0 Å². The van der Waals surface area contributed by atoms with E-state index in [1.54, 1.807) is 18.2 Å². The fourth-order valence-electron chi connectivity index (χ4n) is 2.78. The molecule has 0 unspecified atom stereocenters. The number of rotatable bonds is 3. The summed E-state index contributed by atoms with van der Waals surface area (Å²) in [6.45, 7) is 3.21. The van der Waals surface area contributed by atoms with Crippen LogP contribution in [0.15, 0.2) is 36.5 Å². The van der Waals surface area contributed by atoms with Gasteiger partial charge in [0.2, 0.25) is 0 Å². The van der Waals surface area contributed by atoms with E-state index in [0.717, 1.165) is 24.2 Å². The monoisotopic (exact) mass is 314 g/mol. The number of nitrogens with zero attached hydrogens (tertiary/aromatic N) is 3. The number of carbonyl (C=O) groups is 1. The van der Waals surface area contributed by atoms with Gasteiger partial charge in [0, 0.05) is 24.8 Å². The summed E-state index contributed by atoms with van der Waals surface area (Å²) in [5, 5.41) is 11.1. The first-order valence-corrected chi connectivity index (χ1v) is 7.72. The average molecular weight is 314 g/mol. The summed E-state index contributed by atoms with van der Waals surface area (Å²) in [6.07, 6.45) is 3.24. The molecule has 2 heterocycles. The van der Waals surface area contributed by atoms with Crippen LogP contribution in [0.2, 0.25) is 0 Å². The van der Waals surface area contributed by atoms with Crippen LogP contribution in [0.3, 0.4) is 0 Å². The maximum atomic E-state index is 12.9. The van der Waals surface area contributed by atoms with Crippen molar-refractivity contribution in [1.82, 2.24) is 15.1 Å². The molecular weight excluding hydrogens is 295 g/mol. The first kappa shape index (κ1) is 15.4. The second kappa shape index (κ2) is 6.73. The molecule has 1 fully saturated rings. The Balaban J connectivity index is 1.55. The molecule has 1 aliphatic heterocycles. The number of anilines is 1. The van der Waals surface area contributed by atoms with Gasteiger partial charge in [0.15, 0.2) is 0 Å². The molecule has 1 aliphatic rings. The predicted molar refractivity (Wildman–Crippen MR) is 85.7 cm³/mol. The molecule has 1 aromatic carbocycles. The van der Waals surface area contributed by atoms with Gasteiger partial charge in [0.05, 0.1) is 17.5 Å². The molecule has 1 amide bonds. The number of aromatic nitrogens is 2. The van der Waals surface area contributed by atoms with Crippen molar-refractivity contribution in [2.24, 2.45) is 0 Å². The Morgan fingerprint density at radius 3 is 2.61 bits per heavy atom. The Hall–Kier alpha value is -2.50. The largest absolute Gasteiger partial charge is 0.382 e. The zero-order valence-electron chi connectivity index (χ0n) is 13.0. The molecular formula is C17H19FN4O. The molecule has 1 N–H and O–H groups in total. The van der Waals surface area contributed by atoms with E-state index in [2.05, 4.69) is 15.5 Å². The van der Waals surface area contributed by atoms with E-state index in [-0.39, 0.29) is 11.7 Å². The zero-order chi connectivity index (χ0) is 16.2. The standard InChI is InChI=1S/C17H19FN4O/c1-12-10-13(11-19-21-12)17(23)22-8-6-16(7-9-22)20-15-4-2-14(18)3-5-15/h2-5,10-11,16,20H,6-9H2,1H3. The lowest BCUT2D eigenvalue weighted by Gasteiger charge is -2.33. The van der Waals surface area contributed by atoms with Crippen LogP contribution in [0, 0.1) is 12.7 Å². The fraction of sp³-hybridized carbons (Fsp3) is 0.353. The van der Waals surface area contributed by atoms with Gasteiger partial charge in [-0.05, 0) is 50.1 Å². The van der Waals surface area contributed by atoms with Crippen LogP contribution < -0.4 is 5.32 Å². The van der Waals surface area contributed by atoms with Crippen molar-refractivity contribution in [2.45, 2.75) is 25.8 Å². The number of likely N-dealkylation sites (tertiary alicyclic amines) is 1. The zero-order valence-corrected chi connectivity index (χ0v) is 13.0. The number of hydrogen-bond acceptors (Lipinski definition) is 4. The maximum absolute atomic E-state index is 12.9. The van der Waals surface area contributed by atoms with Crippen LogP contribution in [0.1, 0.15) is 28.9 Å². The third-order valence-corrected chi connectivity index (χ3v) is 4.02. The highest BCUT2D eigenvalue weighted by Gasteiger charge is 2.23. The number of carbonyl (C=O) groups excluding carboxylic acids is 1. The van der Waals surface area contributed by atoms with Gasteiger partial charge < -0.3 is 10.2 Å². The summed E-state index contributed by atoms with van der Waals surface area (Å²) in [5.41, 5.74) is 2.23. The van der Waals surface area contributed by atoms with Crippen molar-refractivity contribution in [1.29, 1.82) is 0 Å². The van der Waals surface area contributed by atoms with Crippen molar-refractivity contribution >= 4 is 11.6 Å². The van der Waals surface area contributed by atoms with Crippen molar-refractivity contribution in [3.63, 3.8) is 0 Å². The Bertz CT molecular complexity index is 681. The number of amides is 1. The second-order valence-corrected chi connectivity index (χ2v) is 5.80. The predicted octanol–water partition coefficient (Wildman–Crippen LogP) is 2.64. The molecule has 0 saturated carbocycles. The molecule has 0 radical (unpaired) electrons. The van der Waals surface area contributed by atoms with E-state index in [1.165, 1.54) is 18.3 Å². The quantitative estimate of drug-likeness (QED) is 0.946. The minimum absolute atomic E-state index is 0.00299. The smallest absolute Gasteiger partial charge is 0.255 e. The van der Waals surface area contributed by atoms with Crippen molar-refractivity contribution in [2.75, 3.05) is 18.4 Å². The summed E-state index contributed by atoms with van der Waals surface area (Å²) in [4.78, 5) is 14.3. The topological polar surface area (TPSA) is 58.1 Å². The van der Waals surface area contributed by atoms with Gasteiger partial charge in [-0.25, -0.2) is 4.39 Å². The van der Waals surface area contributed by atoms with Crippen LogP contribution in [0.4, 0.5) is 10.1 Å². The molecule has 120 valence electrons. The van der Waals surface area contributed by atoms with Crippen molar-refractivity contribution in [3.05, 3.63) is 53.6 Å². The van der Waals surface area contributed by atoms with Crippen molar-refractivity contribution in [3.8, 4) is 0 Å². The lowest BCUT2D eigenvalue weighted by Crippen LogP contribution is -2.42. The normalized spacial score (nSPS) is 15.5. The van der Waals surface area contributed by atoms with Gasteiger partial charge in [-0.3, -0.25) is 4.79 Å². The van der Waals surface area contributed by atoms with Crippen LogP contribution in [-0.4, -0.2) is 40.1 Å². The maximum Gasteiger partial charge on any atom is 0.255 e. The second-order valence-electron chi connectivity index (χ2n) is 5.80. The molecule has 0 aliphatic carbocycles. The summed E-state index contributed by atoms with van der Waals surface area (Å²) in [6, 6.07) is 8.41. The molecule has 6 heteroatoms. The van der Waals surface area contributed by atoms with E-state index in [0.29, 0.717) is 24.7 Å². The SMILES string of the molecule is Cc1cc(C(=O)N2CCC(Nc3ccc(F)cc3)CC2)cnn1. The van der Waals surface area contributed by atoms with Gasteiger partial charge in [0.1, 0.15) is 5.82 Å². The Kier molecular flexibility index (Phi) is 4.50. The average Bonchev–Trinajstić information content (AvgIpc) is 2.57. The molecule has 1 saturated heterocycles. The summed E-state index contributed by atoms with van der Waals surface area (Å²) in [7, 11) is 0. The van der Waals surface area contributed by atoms with Crippen molar-refractivity contribution < 1.29 is 9.18 Å². The minimum atomic E-state index is -0.239. The van der Waals surface area contributed by atoms with E-state index in [4.69, 9.17) is 0 Å². The first-order valence-electron chi connectivity index (χ1n) is 7.72. The summed E-state index contributed by atoms with van der Waals surface area (Å²) >= 11 is 0. The van der Waals surface area contributed by atoms with Gasteiger partial charge in [0.25, 0.3) is 5.91 Å². The lowest BCUT2D eigenvalue weighted by atomic mass is 10.0. The van der Waals surface area contributed by atoms with E-state index < -0.39 is 0 Å². The third kappa shape index (κ3) is 3.83. The van der Waals surface area contributed by atoms with Gasteiger partial charge in [-0.15, -0.1) is 0 Å². The third-order valence-electron chi connectivity index (χ3n) is 4.02. The number of nitrogens with one attached hydrogen (secondary N) is 1. The lowest BCUT2D eigenvalue weighted by molar-refractivity contribution is 0.0717. The van der Waals surface area contributed by atoms with Gasteiger partial charge >= 0.3 is 0 Å². The number of aryl methyl sites for hydroxylation is 1. The molecule has 0 bridgehead atoms. The Morgan fingerprint density at radius 1 is 1.26 bits per heavy atom. The van der Waals surface area contributed by atoms with E-state index >= 15 is 0 Å². The number of benzene rings is 1. The Labute approximate surface area is 134 Å². The summed E-state index contributed by atoms with van der Waals surface area (Å²) < 4.78 is 12.9. The summed E-state index contributed by atoms with van der Waals surface area (Å²) in [5.74, 6) is -0.236. The van der Waals surface area contributed by atoms with Gasteiger partial charge in [-0.2, -0.15) is 10.2 Å². The Morgan fingerprint density at radius 2 is 1.96 bits per heavy atom. The number of piperidine rings is 1. The number of hydrogen-bond donors (Lipinski definition) is 1. The van der Waals surface area contributed by atoms with Crippen LogP contribution in [0.5, 0.6) is 0 Å². The van der Waals surface area contributed by atoms with Crippen LogP contribution >= 0.6 is 0 Å². The first-order chi connectivity index (χ1) is 11.1. The molecule has 0 atom stereocenters. The minimum Gasteiger partial charge on any atom is -0.382 e. The molecule has 0 spiro atoms. The molecule has 23 heavy (non-hydrogen) atoms. The highest BCUT2D eigenvalue weighted by atomic mass is 19.1.